The predicted molar refractivity (Wildman–Crippen MR) is 54.5 cm³/mol. The molecule has 0 aliphatic heterocycles. The van der Waals surface area contributed by atoms with Crippen LogP contribution >= 0.6 is 0 Å². The minimum absolute atomic E-state index is 0.410. The zero-order valence-electron chi connectivity index (χ0n) is 8.11. The molecular weight excluding hydrogens is 204 g/mol. The van der Waals surface area contributed by atoms with Gasteiger partial charge >= 0.3 is 0 Å². The van der Waals surface area contributed by atoms with E-state index in [4.69, 9.17) is 0 Å². The molecule has 0 amide bonds. The molecule has 7 heteroatoms. The fourth-order valence-electron chi connectivity index (χ4n) is 0.969. The van der Waals surface area contributed by atoms with E-state index in [2.05, 4.69) is 20.2 Å². The van der Waals surface area contributed by atoms with Crippen LogP contribution in [0.25, 0.3) is 0 Å². The van der Waals surface area contributed by atoms with Gasteiger partial charge in [0.1, 0.15) is 0 Å². The molecule has 80 valence electrons. The fourth-order valence-corrected chi connectivity index (χ4v) is 2.00. The van der Waals surface area contributed by atoms with E-state index in [9.17, 15) is 8.42 Å². The highest BCUT2D eigenvalue weighted by atomic mass is 32.2. The fraction of sp³-hybridized carbons (Fsp3) is 0.571. The zero-order chi connectivity index (χ0) is 10.6. The van der Waals surface area contributed by atoms with Crippen LogP contribution in [0.15, 0.2) is 12.4 Å². The summed E-state index contributed by atoms with van der Waals surface area (Å²) in [5, 5.41) is 8.50. The van der Waals surface area contributed by atoms with Gasteiger partial charge in [-0.1, -0.05) is 0 Å². The lowest BCUT2D eigenvalue weighted by Crippen LogP contribution is -2.33. The number of nitrogens with zero attached hydrogens (tertiary/aromatic N) is 1. The number of hydrogen-bond acceptors (Lipinski definition) is 4. The van der Waals surface area contributed by atoms with Gasteiger partial charge in [-0.15, -0.1) is 0 Å². The SMILES string of the molecule is CNCC(C)S(=O)(=O)Nc1cn[nH]c1. The second-order valence-corrected chi connectivity index (χ2v) is 5.10. The number of aromatic nitrogens is 2. The highest BCUT2D eigenvalue weighted by Crippen LogP contribution is 2.08. The van der Waals surface area contributed by atoms with Crippen molar-refractivity contribution in [3.05, 3.63) is 12.4 Å². The Hall–Kier alpha value is -1.08. The van der Waals surface area contributed by atoms with Gasteiger partial charge in [-0.2, -0.15) is 5.10 Å². The molecule has 0 aromatic carbocycles. The van der Waals surface area contributed by atoms with Crippen LogP contribution in [0.1, 0.15) is 6.92 Å². The number of rotatable bonds is 5. The van der Waals surface area contributed by atoms with Crippen LogP contribution in [0.4, 0.5) is 5.69 Å². The van der Waals surface area contributed by atoms with Crippen LogP contribution in [-0.4, -0.2) is 37.5 Å². The van der Waals surface area contributed by atoms with Crippen molar-refractivity contribution in [3.63, 3.8) is 0 Å². The van der Waals surface area contributed by atoms with Crippen LogP contribution < -0.4 is 10.0 Å². The molecule has 0 saturated heterocycles. The van der Waals surface area contributed by atoms with Gasteiger partial charge in [0, 0.05) is 12.7 Å². The lowest BCUT2D eigenvalue weighted by atomic mass is 10.5. The van der Waals surface area contributed by atoms with Crippen molar-refractivity contribution in [1.82, 2.24) is 15.5 Å². The van der Waals surface area contributed by atoms with Crippen molar-refractivity contribution in [3.8, 4) is 0 Å². The summed E-state index contributed by atoms with van der Waals surface area (Å²) < 4.78 is 25.6. The molecular formula is C7H14N4O2S. The van der Waals surface area contributed by atoms with E-state index in [0.717, 1.165) is 0 Å². The van der Waals surface area contributed by atoms with Gasteiger partial charge in [0.2, 0.25) is 10.0 Å². The Morgan fingerprint density at radius 3 is 2.86 bits per heavy atom. The van der Waals surface area contributed by atoms with E-state index >= 15 is 0 Å². The molecule has 0 fully saturated rings. The third-order valence-electron chi connectivity index (χ3n) is 1.78. The molecule has 0 bridgehead atoms. The summed E-state index contributed by atoms with van der Waals surface area (Å²) in [6, 6.07) is 0. The first-order chi connectivity index (χ1) is 6.56. The normalized spacial score (nSPS) is 13.9. The van der Waals surface area contributed by atoms with Gasteiger partial charge in [0.15, 0.2) is 0 Å². The van der Waals surface area contributed by atoms with Crippen LogP contribution in [0.5, 0.6) is 0 Å². The maximum atomic E-state index is 11.6. The van der Waals surface area contributed by atoms with E-state index in [0.29, 0.717) is 12.2 Å². The van der Waals surface area contributed by atoms with Crippen LogP contribution in [0, 0.1) is 0 Å². The Bertz CT molecular complexity index is 359. The van der Waals surface area contributed by atoms with E-state index in [-0.39, 0.29) is 0 Å². The number of anilines is 1. The van der Waals surface area contributed by atoms with Crippen molar-refractivity contribution in [1.29, 1.82) is 0 Å². The first-order valence-electron chi connectivity index (χ1n) is 4.21. The highest BCUT2D eigenvalue weighted by Gasteiger charge is 2.19. The Morgan fingerprint density at radius 2 is 2.36 bits per heavy atom. The summed E-state index contributed by atoms with van der Waals surface area (Å²) in [6.45, 7) is 2.05. The van der Waals surface area contributed by atoms with E-state index in [1.165, 1.54) is 12.4 Å². The Labute approximate surface area is 83.1 Å². The number of aromatic amines is 1. The van der Waals surface area contributed by atoms with Crippen molar-refractivity contribution < 1.29 is 8.42 Å². The summed E-state index contributed by atoms with van der Waals surface area (Å²) in [5.74, 6) is 0. The molecule has 3 N–H and O–H groups in total. The molecule has 1 aromatic rings. The molecule has 1 aromatic heterocycles. The molecule has 1 rings (SSSR count). The van der Waals surface area contributed by atoms with E-state index in [1.54, 1.807) is 14.0 Å². The second-order valence-electron chi connectivity index (χ2n) is 3.00. The molecule has 14 heavy (non-hydrogen) atoms. The molecule has 1 atom stereocenters. The molecule has 0 saturated carbocycles. The summed E-state index contributed by atoms with van der Waals surface area (Å²) in [7, 11) is -1.61. The molecule has 0 aliphatic carbocycles. The molecule has 0 radical (unpaired) electrons. The van der Waals surface area contributed by atoms with Gasteiger partial charge in [-0.3, -0.25) is 9.82 Å². The maximum absolute atomic E-state index is 11.6. The van der Waals surface area contributed by atoms with Gasteiger partial charge in [0.05, 0.1) is 17.1 Å². The topological polar surface area (TPSA) is 86.9 Å². The van der Waals surface area contributed by atoms with Crippen molar-refractivity contribution in [2.75, 3.05) is 18.3 Å². The number of H-pyrrole nitrogens is 1. The Balaban J connectivity index is 2.67. The minimum atomic E-state index is -3.32. The average molecular weight is 218 g/mol. The minimum Gasteiger partial charge on any atom is -0.318 e. The van der Waals surface area contributed by atoms with Crippen molar-refractivity contribution in [2.45, 2.75) is 12.2 Å². The number of nitrogens with one attached hydrogen (secondary N) is 3. The lowest BCUT2D eigenvalue weighted by Gasteiger charge is -2.12. The van der Waals surface area contributed by atoms with E-state index in [1.807, 2.05) is 0 Å². The predicted octanol–water partition coefficient (Wildman–Crippen LogP) is -0.241. The van der Waals surface area contributed by atoms with Gasteiger partial charge in [-0.05, 0) is 14.0 Å². The monoisotopic (exact) mass is 218 g/mol. The average Bonchev–Trinajstić information content (AvgIpc) is 2.56. The summed E-state index contributed by atoms with van der Waals surface area (Å²) in [6.07, 6.45) is 2.91. The quantitative estimate of drug-likeness (QED) is 0.636. The van der Waals surface area contributed by atoms with Gasteiger partial charge in [0.25, 0.3) is 0 Å². The van der Waals surface area contributed by atoms with Crippen LogP contribution in [0.2, 0.25) is 0 Å². The van der Waals surface area contributed by atoms with E-state index < -0.39 is 15.3 Å². The zero-order valence-corrected chi connectivity index (χ0v) is 8.93. The largest absolute Gasteiger partial charge is 0.318 e. The number of sulfonamides is 1. The summed E-state index contributed by atoms with van der Waals surface area (Å²) >= 11 is 0. The lowest BCUT2D eigenvalue weighted by molar-refractivity contribution is 0.584. The molecule has 0 aliphatic rings. The first kappa shape index (κ1) is 11.0. The molecule has 1 heterocycles. The maximum Gasteiger partial charge on any atom is 0.236 e. The summed E-state index contributed by atoms with van der Waals surface area (Å²) in [5.41, 5.74) is 0.452. The van der Waals surface area contributed by atoms with Crippen molar-refractivity contribution >= 4 is 15.7 Å². The highest BCUT2D eigenvalue weighted by molar-refractivity contribution is 7.93. The Morgan fingerprint density at radius 1 is 1.64 bits per heavy atom. The first-order valence-corrected chi connectivity index (χ1v) is 5.76. The standard InChI is InChI=1S/C7H14N4O2S/c1-6(3-8-2)14(12,13)11-7-4-9-10-5-7/h4-6,8,11H,3H2,1-2H3,(H,9,10). The molecule has 0 spiro atoms. The summed E-state index contributed by atoms with van der Waals surface area (Å²) in [4.78, 5) is 0. The smallest absolute Gasteiger partial charge is 0.236 e. The molecule has 6 nitrogen and oxygen atoms in total. The van der Waals surface area contributed by atoms with Crippen LogP contribution in [-0.2, 0) is 10.0 Å². The molecule has 1 unspecified atom stereocenters. The van der Waals surface area contributed by atoms with Gasteiger partial charge < -0.3 is 5.32 Å². The third-order valence-corrected chi connectivity index (χ3v) is 3.53. The second kappa shape index (κ2) is 4.43. The number of hydrogen-bond donors (Lipinski definition) is 3. The third kappa shape index (κ3) is 2.71. The van der Waals surface area contributed by atoms with Crippen LogP contribution in [0.3, 0.4) is 0 Å². The van der Waals surface area contributed by atoms with Crippen molar-refractivity contribution in [2.24, 2.45) is 0 Å². The van der Waals surface area contributed by atoms with Gasteiger partial charge in [-0.25, -0.2) is 8.42 Å². The Kier molecular flexibility index (Phi) is 3.48.